The van der Waals surface area contributed by atoms with Gasteiger partial charge in [0.25, 0.3) is 0 Å². The van der Waals surface area contributed by atoms with E-state index in [0.29, 0.717) is 0 Å². The molecule has 0 heteroatoms. The number of hydrogen-bond acceptors (Lipinski definition) is 0. The van der Waals surface area contributed by atoms with Crippen LogP contribution in [0.1, 0.15) is 77.9 Å². The molecule has 0 saturated carbocycles. The van der Waals surface area contributed by atoms with Crippen molar-refractivity contribution in [2.75, 3.05) is 0 Å². The average Bonchev–Trinajstić information content (AvgIpc) is 3.47. The minimum Gasteiger partial charge on any atom is -0.0622 e. The van der Waals surface area contributed by atoms with Crippen molar-refractivity contribution in [3.63, 3.8) is 0 Å². The lowest BCUT2D eigenvalue weighted by Crippen LogP contribution is -1.92. The summed E-state index contributed by atoms with van der Waals surface area (Å²) < 4.78 is 0. The summed E-state index contributed by atoms with van der Waals surface area (Å²) in [6, 6.07) is 101. The highest BCUT2D eigenvalue weighted by atomic mass is 14.2. The molecule has 0 unspecified atom stereocenters. The van der Waals surface area contributed by atoms with Crippen molar-refractivity contribution in [3.05, 3.63) is 357 Å². The molecule has 11 rings (SSSR count). The zero-order valence-corrected chi connectivity index (χ0v) is 41.4. The van der Waals surface area contributed by atoms with Crippen molar-refractivity contribution in [1.29, 1.82) is 0 Å². The van der Waals surface area contributed by atoms with Gasteiger partial charge in [-0.1, -0.05) is 297 Å². The Hall–Kier alpha value is -9.36. The summed E-state index contributed by atoms with van der Waals surface area (Å²) in [7, 11) is 0. The summed E-state index contributed by atoms with van der Waals surface area (Å²) in [5.74, 6) is 0. The number of hydrogen-bond donors (Lipinski definition) is 0. The summed E-state index contributed by atoms with van der Waals surface area (Å²) in [6.45, 7) is 0. The Labute approximate surface area is 437 Å². The highest BCUT2D eigenvalue weighted by Gasteiger charge is 2.11. The number of rotatable bonds is 15. The number of fused-ring (bicyclic) bond motifs is 1. The third kappa shape index (κ3) is 11.7. The highest BCUT2D eigenvalue weighted by Crippen LogP contribution is 2.32. The van der Waals surface area contributed by atoms with Crippen LogP contribution in [0.3, 0.4) is 0 Å². The third-order valence-electron chi connectivity index (χ3n) is 13.8. The van der Waals surface area contributed by atoms with Gasteiger partial charge in [0.2, 0.25) is 0 Å². The Morgan fingerprint density at radius 2 is 0.595 bits per heavy atom. The molecule has 0 radical (unpaired) electrons. The van der Waals surface area contributed by atoms with Gasteiger partial charge in [0.05, 0.1) is 0 Å². The van der Waals surface area contributed by atoms with E-state index in [1.165, 1.54) is 99.8 Å². The lowest BCUT2D eigenvalue weighted by atomic mass is 9.91. The minimum atomic E-state index is 0.911. The normalized spacial score (nSPS) is 11.9. The fourth-order valence-corrected chi connectivity index (χ4v) is 9.75. The van der Waals surface area contributed by atoms with Crippen molar-refractivity contribution in [3.8, 4) is 11.1 Å². The molecule has 11 aromatic rings. The Morgan fingerprint density at radius 1 is 0.243 bits per heavy atom. The molecular weight excluding hydrogens is 889 g/mol. The second kappa shape index (κ2) is 22.8. The molecule has 0 nitrogen and oxygen atoms in total. The van der Waals surface area contributed by atoms with E-state index in [4.69, 9.17) is 0 Å². The van der Waals surface area contributed by atoms with Gasteiger partial charge < -0.3 is 0 Å². The second-order valence-electron chi connectivity index (χ2n) is 18.9. The quantitative estimate of drug-likeness (QED) is 0.0899. The van der Waals surface area contributed by atoms with Gasteiger partial charge in [-0.2, -0.15) is 0 Å². The molecule has 0 bridgehead atoms. The molecule has 11 aromatic carbocycles. The third-order valence-corrected chi connectivity index (χ3v) is 13.8. The van der Waals surface area contributed by atoms with Crippen LogP contribution in [0.25, 0.3) is 69.5 Å². The molecule has 352 valence electrons. The van der Waals surface area contributed by atoms with Crippen LogP contribution >= 0.6 is 0 Å². The van der Waals surface area contributed by atoms with Gasteiger partial charge in [-0.25, -0.2) is 0 Å². The first-order valence-electron chi connectivity index (χ1n) is 25.6. The summed E-state index contributed by atoms with van der Waals surface area (Å²) in [5.41, 5.74) is 21.8. The van der Waals surface area contributed by atoms with E-state index in [2.05, 4.69) is 316 Å². The van der Waals surface area contributed by atoms with Gasteiger partial charge in [0.15, 0.2) is 0 Å². The van der Waals surface area contributed by atoms with Gasteiger partial charge in [0.1, 0.15) is 0 Å². The van der Waals surface area contributed by atoms with E-state index in [9.17, 15) is 0 Å². The molecule has 0 aliphatic heterocycles. The smallest absolute Gasteiger partial charge is 0.00258 e. The Kier molecular flexibility index (Phi) is 14.5. The first kappa shape index (κ1) is 47.0. The maximum atomic E-state index is 2.35. The van der Waals surface area contributed by atoms with Crippen LogP contribution in [0.4, 0.5) is 0 Å². The van der Waals surface area contributed by atoms with Crippen LogP contribution in [-0.2, 0) is 12.8 Å². The maximum absolute atomic E-state index is 2.35. The molecule has 0 amide bonds. The molecule has 0 fully saturated rings. The predicted molar refractivity (Wildman–Crippen MR) is 318 cm³/mol. The molecule has 0 spiro atoms. The van der Waals surface area contributed by atoms with Crippen LogP contribution in [0, 0.1) is 0 Å². The molecule has 0 heterocycles. The van der Waals surface area contributed by atoms with Crippen LogP contribution in [0.5, 0.6) is 0 Å². The Morgan fingerprint density at radius 3 is 1.07 bits per heavy atom. The first-order chi connectivity index (χ1) is 36.6. The Bertz CT molecular complexity index is 3740. The van der Waals surface area contributed by atoms with E-state index < -0.39 is 0 Å². The van der Waals surface area contributed by atoms with Crippen molar-refractivity contribution >= 4 is 58.4 Å². The van der Waals surface area contributed by atoms with Crippen molar-refractivity contribution in [1.82, 2.24) is 0 Å². The Balaban J connectivity index is 0.799. The fraction of sp³-hybridized carbons (Fsp3) is 0.0270. The number of benzene rings is 11. The molecule has 0 atom stereocenters. The zero-order valence-electron chi connectivity index (χ0n) is 41.4. The summed E-state index contributed by atoms with van der Waals surface area (Å²) in [4.78, 5) is 0. The SMILES string of the molecule is C(=Cc1ccccc1/C=C(/c1ccccc1)c1ccc(Cc2ccccc2)cc1)c1ccc(-c2ccc(C=Cc3ccccc3/C=C(\c3ccc(Cc4ccccc4)cc3)c3ccc4ccccc4c3)cc2)cc1. The van der Waals surface area contributed by atoms with E-state index in [1.54, 1.807) is 0 Å². The van der Waals surface area contributed by atoms with E-state index in [-0.39, 0.29) is 0 Å². The molecule has 0 saturated heterocycles. The topological polar surface area (TPSA) is 0 Å². The van der Waals surface area contributed by atoms with Gasteiger partial charge >= 0.3 is 0 Å². The standard InChI is InChI=1S/C74H56/c1-4-16-57(17-5-1)50-59-34-44-67(45-35-59)73(66-23-8-3-9-24-66)53-70-26-14-11-20-61(70)38-28-55-30-40-64(41-31-55)65-42-32-56(33-43-65)29-39-62-21-12-15-27-71(62)54-74(72-49-48-63-22-10-13-25-69(63)52-72)68-46-36-60(37-47-68)51-58-18-6-2-7-19-58/h1-49,52-54H,50-51H2/b38-28?,39-29?,73-53-,74-54+. The van der Waals surface area contributed by atoms with E-state index >= 15 is 0 Å². The molecule has 0 aliphatic carbocycles. The molecule has 74 heavy (non-hydrogen) atoms. The summed E-state index contributed by atoms with van der Waals surface area (Å²) >= 11 is 0. The largest absolute Gasteiger partial charge is 0.0622 e. The molecule has 0 aromatic heterocycles. The lowest BCUT2D eigenvalue weighted by Gasteiger charge is -2.13. The van der Waals surface area contributed by atoms with Crippen LogP contribution < -0.4 is 0 Å². The van der Waals surface area contributed by atoms with Crippen LogP contribution in [0.2, 0.25) is 0 Å². The van der Waals surface area contributed by atoms with Gasteiger partial charge in [-0.15, -0.1) is 0 Å². The molecular formula is C74H56. The summed E-state index contributed by atoms with van der Waals surface area (Å²) in [5, 5.41) is 2.47. The maximum Gasteiger partial charge on any atom is -0.00258 e. The van der Waals surface area contributed by atoms with Crippen molar-refractivity contribution < 1.29 is 0 Å². The van der Waals surface area contributed by atoms with Crippen LogP contribution in [0.15, 0.2) is 279 Å². The first-order valence-corrected chi connectivity index (χ1v) is 25.6. The molecule has 0 N–H and O–H groups in total. The zero-order chi connectivity index (χ0) is 49.7. The highest BCUT2D eigenvalue weighted by molar-refractivity contribution is 5.97. The van der Waals surface area contributed by atoms with Gasteiger partial charge in [-0.05, 0) is 142 Å². The van der Waals surface area contributed by atoms with Crippen molar-refractivity contribution in [2.45, 2.75) is 12.8 Å². The van der Waals surface area contributed by atoms with Gasteiger partial charge in [0, 0.05) is 0 Å². The average molecular weight is 945 g/mol. The minimum absolute atomic E-state index is 0.911. The van der Waals surface area contributed by atoms with E-state index in [1.807, 2.05) is 0 Å². The predicted octanol–water partition coefficient (Wildman–Crippen LogP) is 19.2. The lowest BCUT2D eigenvalue weighted by molar-refractivity contribution is 1.19. The molecule has 0 aliphatic rings. The van der Waals surface area contributed by atoms with Crippen LogP contribution in [-0.4, -0.2) is 0 Å². The van der Waals surface area contributed by atoms with Gasteiger partial charge in [-0.3, -0.25) is 0 Å². The monoisotopic (exact) mass is 944 g/mol. The second-order valence-corrected chi connectivity index (χ2v) is 18.9. The van der Waals surface area contributed by atoms with E-state index in [0.717, 1.165) is 24.0 Å². The van der Waals surface area contributed by atoms with Crippen molar-refractivity contribution in [2.24, 2.45) is 0 Å². The fourth-order valence-electron chi connectivity index (χ4n) is 9.75. The summed E-state index contributed by atoms with van der Waals surface area (Å²) in [6.07, 6.45) is 15.4.